The molecular weight excluding hydrogens is 274 g/mol. The molecular formula is C15H21NO3S. The molecule has 0 aliphatic heterocycles. The van der Waals surface area contributed by atoms with E-state index < -0.39 is 5.97 Å². The third-order valence-electron chi connectivity index (χ3n) is 3.15. The Labute approximate surface area is 123 Å². The Morgan fingerprint density at radius 1 is 1.50 bits per heavy atom. The maximum Gasteiger partial charge on any atom is 0.338 e. The zero-order valence-electron chi connectivity index (χ0n) is 11.7. The van der Waals surface area contributed by atoms with Crippen molar-refractivity contribution >= 4 is 23.4 Å². The average Bonchev–Trinajstić information content (AvgIpc) is 3.22. The number of aromatic carboxylic acids is 1. The summed E-state index contributed by atoms with van der Waals surface area (Å²) in [5, 5.41) is 12.5. The van der Waals surface area contributed by atoms with Crippen LogP contribution in [0.5, 0.6) is 0 Å². The van der Waals surface area contributed by atoms with Crippen LogP contribution in [0.15, 0.2) is 23.1 Å². The predicted octanol–water partition coefficient (Wildman–Crippen LogP) is 3.34. The second kappa shape index (κ2) is 7.55. The van der Waals surface area contributed by atoms with Crippen molar-refractivity contribution in [3.63, 3.8) is 0 Å². The molecule has 0 spiro atoms. The molecule has 110 valence electrons. The fourth-order valence-electron chi connectivity index (χ4n) is 1.97. The molecule has 0 amide bonds. The summed E-state index contributed by atoms with van der Waals surface area (Å²) in [4.78, 5) is 12.2. The van der Waals surface area contributed by atoms with Crippen LogP contribution in [0.2, 0.25) is 0 Å². The SMILES string of the molecule is CCSc1cccc(NCCOCC2CC2)c1C(=O)O. The Morgan fingerprint density at radius 2 is 2.30 bits per heavy atom. The number of hydrogen-bond acceptors (Lipinski definition) is 4. The number of carboxylic acids is 1. The van der Waals surface area contributed by atoms with Crippen LogP contribution in [0.25, 0.3) is 0 Å². The van der Waals surface area contributed by atoms with Crippen molar-refractivity contribution in [2.75, 3.05) is 30.8 Å². The lowest BCUT2D eigenvalue weighted by atomic mass is 10.2. The largest absolute Gasteiger partial charge is 0.478 e. The van der Waals surface area contributed by atoms with Gasteiger partial charge in [-0.1, -0.05) is 13.0 Å². The first-order chi connectivity index (χ1) is 9.72. The van der Waals surface area contributed by atoms with E-state index in [9.17, 15) is 9.90 Å². The molecule has 2 rings (SSSR count). The second-order valence-electron chi connectivity index (χ2n) is 4.86. The van der Waals surface area contributed by atoms with Crippen molar-refractivity contribution < 1.29 is 14.6 Å². The van der Waals surface area contributed by atoms with E-state index in [0.29, 0.717) is 24.4 Å². The lowest BCUT2D eigenvalue weighted by Crippen LogP contribution is -2.13. The molecule has 0 radical (unpaired) electrons. The van der Waals surface area contributed by atoms with E-state index in [0.717, 1.165) is 23.2 Å². The molecule has 1 saturated carbocycles. The number of thioether (sulfide) groups is 1. The molecule has 2 N–H and O–H groups in total. The van der Waals surface area contributed by atoms with Gasteiger partial charge in [0.15, 0.2) is 0 Å². The van der Waals surface area contributed by atoms with Gasteiger partial charge in [0.1, 0.15) is 0 Å². The third kappa shape index (κ3) is 4.42. The van der Waals surface area contributed by atoms with E-state index in [2.05, 4.69) is 5.32 Å². The molecule has 0 aromatic heterocycles. The van der Waals surface area contributed by atoms with E-state index in [4.69, 9.17) is 4.74 Å². The van der Waals surface area contributed by atoms with Crippen molar-refractivity contribution in [2.24, 2.45) is 5.92 Å². The smallest absolute Gasteiger partial charge is 0.338 e. The first kappa shape index (κ1) is 15.2. The molecule has 20 heavy (non-hydrogen) atoms. The number of rotatable bonds is 9. The van der Waals surface area contributed by atoms with Crippen LogP contribution in [0, 0.1) is 5.92 Å². The Hall–Kier alpha value is -1.20. The van der Waals surface area contributed by atoms with Crippen molar-refractivity contribution in [3.05, 3.63) is 23.8 Å². The zero-order chi connectivity index (χ0) is 14.4. The Kier molecular flexibility index (Phi) is 5.73. The number of nitrogens with one attached hydrogen (secondary N) is 1. The van der Waals surface area contributed by atoms with Crippen LogP contribution >= 0.6 is 11.8 Å². The lowest BCUT2D eigenvalue weighted by Gasteiger charge is -2.13. The van der Waals surface area contributed by atoms with E-state index >= 15 is 0 Å². The minimum Gasteiger partial charge on any atom is -0.478 e. The lowest BCUT2D eigenvalue weighted by molar-refractivity contribution is 0.0694. The molecule has 0 bridgehead atoms. The summed E-state index contributed by atoms with van der Waals surface area (Å²) in [7, 11) is 0. The first-order valence-electron chi connectivity index (χ1n) is 7.03. The van der Waals surface area contributed by atoms with Gasteiger partial charge < -0.3 is 15.2 Å². The summed E-state index contributed by atoms with van der Waals surface area (Å²) in [6.45, 7) is 4.09. The number of ether oxygens (including phenoxy) is 1. The molecule has 1 aliphatic carbocycles. The van der Waals surface area contributed by atoms with Crippen LogP contribution < -0.4 is 5.32 Å². The summed E-state index contributed by atoms with van der Waals surface area (Å²) in [5.41, 5.74) is 1.03. The van der Waals surface area contributed by atoms with Crippen LogP contribution in [0.4, 0.5) is 5.69 Å². The molecule has 4 nitrogen and oxygen atoms in total. The van der Waals surface area contributed by atoms with Gasteiger partial charge in [0, 0.05) is 23.7 Å². The Morgan fingerprint density at radius 3 is 2.95 bits per heavy atom. The van der Waals surface area contributed by atoms with Crippen LogP contribution in [0.1, 0.15) is 30.1 Å². The van der Waals surface area contributed by atoms with E-state index in [-0.39, 0.29) is 0 Å². The zero-order valence-corrected chi connectivity index (χ0v) is 12.5. The Balaban J connectivity index is 1.91. The molecule has 0 heterocycles. The molecule has 1 aromatic carbocycles. The summed E-state index contributed by atoms with van der Waals surface area (Å²) in [5.74, 6) is 0.727. The topological polar surface area (TPSA) is 58.6 Å². The fraction of sp³-hybridized carbons (Fsp3) is 0.533. The number of hydrogen-bond donors (Lipinski definition) is 2. The summed E-state index contributed by atoms with van der Waals surface area (Å²) < 4.78 is 5.54. The average molecular weight is 295 g/mol. The Bertz CT molecular complexity index is 460. The van der Waals surface area contributed by atoms with Gasteiger partial charge >= 0.3 is 5.97 Å². The molecule has 0 saturated heterocycles. The van der Waals surface area contributed by atoms with Crippen molar-refractivity contribution in [2.45, 2.75) is 24.7 Å². The van der Waals surface area contributed by atoms with Gasteiger partial charge in [-0.05, 0) is 36.6 Å². The minimum atomic E-state index is -0.886. The molecule has 1 fully saturated rings. The normalized spacial score (nSPS) is 14.2. The standard InChI is InChI=1S/C15H21NO3S/c1-2-20-13-5-3-4-12(14(13)15(17)18)16-8-9-19-10-11-6-7-11/h3-5,11,16H,2,6-10H2,1H3,(H,17,18). The van der Waals surface area contributed by atoms with Crippen molar-refractivity contribution in [3.8, 4) is 0 Å². The molecule has 0 unspecified atom stereocenters. The summed E-state index contributed by atoms with van der Waals surface area (Å²) >= 11 is 1.55. The van der Waals surface area contributed by atoms with Crippen molar-refractivity contribution in [1.29, 1.82) is 0 Å². The van der Waals surface area contributed by atoms with Crippen LogP contribution in [-0.4, -0.2) is 36.6 Å². The second-order valence-corrected chi connectivity index (χ2v) is 6.17. The third-order valence-corrected chi connectivity index (χ3v) is 4.09. The highest BCUT2D eigenvalue weighted by atomic mass is 32.2. The summed E-state index contributed by atoms with van der Waals surface area (Å²) in [6.07, 6.45) is 2.57. The predicted molar refractivity (Wildman–Crippen MR) is 81.8 cm³/mol. The molecule has 0 atom stereocenters. The monoisotopic (exact) mass is 295 g/mol. The van der Waals surface area contributed by atoms with Gasteiger partial charge in [0.05, 0.1) is 12.2 Å². The minimum absolute atomic E-state index is 0.363. The highest BCUT2D eigenvalue weighted by Gasteiger charge is 2.21. The molecule has 1 aliphatic rings. The van der Waals surface area contributed by atoms with Gasteiger partial charge in [-0.25, -0.2) is 4.79 Å². The van der Waals surface area contributed by atoms with Gasteiger partial charge in [-0.3, -0.25) is 0 Å². The highest BCUT2D eigenvalue weighted by molar-refractivity contribution is 7.99. The maximum absolute atomic E-state index is 11.4. The van der Waals surface area contributed by atoms with E-state index in [1.807, 2.05) is 25.1 Å². The van der Waals surface area contributed by atoms with Gasteiger partial charge in [-0.15, -0.1) is 11.8 Å². The van der Waals surface area contributed by atoms with Crippen LogP contribution in [0.3, 0.4) is 0 Å². The molecule has 5 heteroatoms. The molecule has 1 aromatic rings. The van der Waals surface area contributed by atoms with Gasteiger partial charge in [0.2, 0.25) is 0 Å². The van der Waals surface area contributed by atoms with E-state index in [1.165, 1.54) is 12.8 Å². The van der Waals surface area contributed by atoms with Crippen molar-refractivity contribution in [1.82, 2.24) is 0 Å². The van der Waals surface area contributed by atoms with Gasteiger partial charge in [-0.2, -0.15) is 0 Å². The van der Waals surface area contributed by atoms with E-state index in [1.54, 1.807) is 11.8 Å². The van der Waals surface area contributed by atoms with Crippen LogP contribution in [-0.2, 0) is 4.74 Å². The number of benzene rings is 1. The quantitative estimate of drug-likeness (QED) is 0.540. The number of carboxylic acid groups (broad SMARTS) is 1. The number of anilines is 1. The number of carbonyl (C=O) groups is 1. The van der Waals surface area contributed by atoms with Gasteiger partial charge in [0.25, 0.3) is 0 Å². The first-order valence-corrected chi connectivity index (χ1v) is 8.01. The highest BCUT2D eigenvalue weighted by Crippen LogP contribution is 2.29. The summed E-state index contributed by atoms with van der Waals surface area (Å²) in [6, 6.07) is 5.55. The fourth-order valence-corrected chi connectivity index (χ4v) is 2.79. The maximum atomic E-state index is 11.4.